The molecule has 0 aliphatic carbocycles. The lowest BCUT2D eigenvalue weighted by Crippen LogP contribution is -2.51. The van der Waals surface area contributed by atoms with E-state index in [1.165, 1.54) is 0 Å². The zero-order chi connectivity index (χ0) is 14.5. The van der Waals surface area contributed by atoms with Crippen molar-refractivity contribution in [3.63, 3.8) is 0 Å². The maximum Gasteiger partial charge on any atom is 0.237 e. The standard InChI is InChI=1S/C15H22N2O3/c1-3-12-10-17(7-6-14(12)18)11(2)15(19)16-9-13-5-4-8-20-13/h4-5,8,11-12H,3,6-7,9-10H2,1-2H3,(H,16,19). The molecule has 1 aliphatic heterocycles. The van der Waals surface area contributed by atoms with E-state index in [4.69, 9.17) is 4.42 Å². The molecule has 110 valence electrons. The highest BCUT2D eigenvalue weighted by atomic mass is 16.3. The van der Waals surface area contributed by atoms with Crippen molar-refractivity contribution >= 4 is 11.7 Å². The summed E-state index contributed by atoms with van der Waals surface area (Å²) in [5.41, 5.74) is 0. The summed E-state index contributed by atoms with van der Waals surface area (Å²) in [5.74, 6) is 1.12. The molecule has 2 rings (SSSR count). The minimum absolute atomic E-state index is 0.0226. The highest BCUT2D eigenvalue weighted by Gasteiger charge is 2.30. The fourth-order valence-electron chi connectivity index (χ4n) is 2.54. The number of amides is 1. The van der Waals surface area contributed by atoms with Crippen LogP contribution in [0.4, 0.5) is 0 Å². The van der Waals surface area contributed by atoms with Gasteiger partial charge in [-0.2, -0.15) is 0 Å². The average Bonchev–Trinajstić information content (AvgIpc) is 2.97. The summed E-state index contributed by atoms with van der Waals surface area (Å²) < 4.78 is 5.18. The van der Waals surface area contributed by atoms with Crippen molar-refractivity contribution in [2.75, 3.05) is 13.1 Å². The number of piperidine rings is 1. The number of likely N-dealkylation sites (tertiary alicyclic amines) is 1. The summed E-state index contributed by atoms with van der Waals surface area (Å²) in [6.45, 7) is 5.67. The van der Waals surface area contributed by atoms with Crippen LogP contribution in [0.1, 0.15) is 32.4 Å². The maximum absolute atomic E-state index is 12.1. The SMILES string of the molecule is CCC1CN(C(C)C(=O)NCc2ccco2)CCC1=O. The van der Waals surface area contributed by atoms with Crippen LogP contribution in [0.15, 0.2) is 22.8 Å². The zero-order valence-corrected chi connectivity index (χ0v) is 12.1. The number of nitrogens with zero attached hydrogens (tertiary/aromatic N) is 1. The molecule has 0 bridgehead atoms. The van der Waals surface area contributed by atoms with E-state index in [2.05, 4.69) is 10.2 Å². The number of hydrogen-bond acceptors (Lipinski definition) is 4. The molecule has 2 unspecified atom stereocenters. The van der Waals surface area contributed by atoms with Crippen molar-refractivity contribution < 1.29 is 14.0 Å². The van der Waals surface area contributed by atoms with Crippen molar-refractivity contribution in [2.45, 2.75) is 39.3 Å². The minimum atomic E-state index is -0.216. The third-order valence-corrected chi connectivity index (χ3v) is 3.99. The fraction of sp³-hybridized carbons (Fsp3) is 0.600. The van der Waals surface area contributed by atoms with E-state index >= 15 is 0 Å². The Morgan fingerprint density at radius 2 is 2.40 bits per heavy atom. The first-order valence-electron chi connectivity index (χ1n) is 7.18. The smallest absolute Gasteiger partial charge is 0.237 e. The van der Waals surface area contributed by atoms with E-state index in [-0.39, 0.29) is 17.9 Å². The number of rotatable bonds is 5. The van der Waals surface area contributed by atoms with Crippen LogP contribution in [0.3, 0.4) is 0 Å². The van der Waals surface area contributed by atoms with Crippen LogP contribution >= 0.6 is 0 Å². The molecule has 1 saturated heterocycles. The van der Waals surface area contributed by atoms with Gasteiger partial charge in [0.25, 0.3) is 0 Å². The third-order valence-electron chi connectivity index (χ3n) is 3.99. The minimum Gasteiger partial charge on any atom is -0.467 e. The van der Waals surface area contributed by atoms with Crippen LogP contribution in [0.2, 0.25) is 0 Å². The highest BCUT2D eigenvalue weighted by Crippen LogP contribution is 2.18. The molecular formula is C15H22N2O3. The Morgan fingerprint density at radius 3 is 3.05 bits per heavy atom. The lowest BCUT2D eigenvalue weighted by atomic mass is 9.93. The molecule has 1 fully saturated rings. The molecule has 0 saturated carbocycles. The van der Waals surface area contributed by atoms with Crippen molar-refractivity contribution in [1.29, 1.82) is 0 Å². The first-order valence-corrected chi connectivity index (χ1v) is 7.18. The first kappa shape index (κ1) is 14.8. The van der Waals surface area contributed by atoms with Crippen molar-refractivity contribution in [2.24, 2.45) is 5.92 Å². The molecule has 0 spiro atoms. The van der Waals surface area contributed by atoms with E-state index in [0.29, 0.717) is 31.8 Å². The quantitative estimate of drug-likeness (QED) is 0.888. The lowest BCUT2D eigenvalue weighted by molar-refractivity contribution is -0.132. The summed E-state index contributed by atoms with van der Waals surface area (Å²) in [5, 5.41) is 2.87. The topological polar surface area (TPSA) is 62.6 Å². The fourth-order valence-corrected chi connectivity index (χ4v) is 2.54. The van der Waals surface area contributed by atoms with E-state index < -0.39 is 0 Å². The molecule has 20 heavy (non-hydrogen) atoms. The summed E-state index contributed by atoms with van der Waals surface area (Å²) in [7, 11) is 0. The number of ketones is 1. The summed E-state index contributed by atoms with van der Waals surface area (Å²) in [6, 6.07) is 3.41. The molecule has 1 aromatic heterocycles. The van der Waals surface area contributed by atoms with Crippen LogP contribution in [0.5, 0.6) is 0 Å². The molecule has 5 heteroatoms. The number of furan rings is 1. The molecule has 1 aromatic rings. The van der Waals surface area contributed by atoms with Crippen LogP contribution in [-0.2, 0) is 16.1 Å². The number of nitrogens with one attached hydrogen (secondary N) is 1. The predicted molar refractivity (Wildman–Crippen MR) is 75.0 cm³/mol. The number of hydrogen-bond donors (Lipinski definition) is 1. The maximum atomic E-state index is 12.1. The largest absolute Gasteiger partial charge is 0.467 e. The van der Waals surface area contributed by atoms with Gasteiger partial charge in [0.1, 0.15) is 11.5 Å². The Kier molecular flexibility index (Phi) is 4.95. The van der Waals surface area contributed by atoms with Gasteiger partial charge in [-0.15, -0.1) is 0 Å². The Labute approximate surface area is 119 Å². The molecule has 2 heterocycles. The second kappa shape index (κ2) is 6.70. The molecule has 2 atom stereocenters. The van der Waals surface area contributed by atoms with Gasteiger partial charge < -0.3 is 9.73 Å². The molecule has 1 amide bonds. The van der Waals surface area contributed by atoms with Gasteiger partial charge in [0.2, 0.25) is 5.91 Å². The van der Waals surface area contributed by atoms with E-state index in [1.54, 1.807) is 12.3 Å². The summed E-state index contributed by atoms with van der Waals surface area (Å²) >= 11 is 0. The van der Waals surface area contributed by atoms with Crippen molar-refractivity contribution in [3.05, 3.63) is 24.2 Å². The monoisotopic (exact) mass is 278 g/mol. The second-order valence-electron chi connectivity index (χ2n) is 5.29. The van der Waals surface area contributed by atoms with Crippen LogP contribution in [0.25, 0.3) is 0 Å². The molecule has 0 radical (unpaired) electrons. The molecule has 1 aliphatic rings. The second-order valence-corrected chi connectivity index (χ2v) is 5.29. The van der Waals surface area contributed by atoms with Gasteiger partial charge in [-0.05, 0) is 25.5 Å². The summed E-state index contributed by atoms with van der Waals surface area (Å²) in [6.07, 6.45) is 2.98. The van der Waals surface area contributed by atoms with Crippen molar-refractivity contribution in [3.8, 4) is 0 Å². The Morgan fingerprint density at radius 1 is 1.60 bits per heavy atom. The van der Waals surface area contributed by atoms with Gasteiger partial charge in [0.15, 0.2) is 0 Å². The first-order chi connectivity index (χ1) is 9.61. The van der Waals surface area contributed by atoms with Gasteiger partial charge in [-0.25, -0.2) is 0 Å². The van der Waals surface area contributed by atoms with Crippen molar-refractivity contribution in [1.82, 2.24) is 10.2 Å². The van der Waals surface area contributed by atoms with E-state index in [0.717, 1.165) is 12.2 Å². The number of Topliss-reactive ketones (excluding diaryl/α,β-unsaturated/α-hetero) is 1. The van der Waals surface area contributed by atoms with Crippen LogP contribution < -0.4 is 5.32 Å². The molecule has 1 N–H and O–H groups in total. The van der Waals surface area contributed by atoms with Gasteiger partial charge in [0, 0.05) is 25.4 Å². The Bertz CT molecular complexity index is 456. The number of carbonyl (C=O) groups is 2. The van der Waals surface area contributed by atoms with E-state index in [9.17, 15) is 9.59 Å². The summed E-state index contributed by atoms with van der Waals surface area (Å²) in [4.78, 5) is 25.9. The molecule has 5 nitrogen and oxygen atoms in total. The van der Waals surface area contributed by atoms with Gasteiger partial charge >= 0.3 is 0 Å². The molecule has 0 aromatic carbocycles. The Hall–Kier alpha value is -1.62. The Balaban J connectivity index is 1.85. The van der Waals surface area contributed by atoms with E-state index in [1.807, 2.05) is 19.9 Å². The normalized spacial score (nSPS) is 21.7. The van der Waals surface area contributed by atoms with Gasteiger partial charge in [-0.1, -0.05) is 6.92 Å². The van der Waals surface area contributed by atoms with Crippen LogP contribution in [-0.4, -0.2) is 35.7 Å². The average molecular weight is 278 g/mol. The predicted octanol–water partition coefficient (Wildman–Crippen LogP) is 1.59. The zero-order valence-electron chi connectivity index (χ0n) is 12.1. The van der Waals surface area contributed by atoms with Gasteiger partial charge in [0.05, 0.1) is 18.8 Å². The third kappa shape index (κ3) is 3.48. The van der Waals surface area contributed by atoms with Crippen LogP contribution in [0, 0.1) is 5.92 Å². The van der Waals surface area contributed by atoms with Gasteiger partial charge in [-0.3, -0.25) is 14.5 Å². The lowest BCUT2D eigenvalue weighted by Gasteiger charge is -2.34. The number of carbonyl (C=O) groups excluding carboxylic acids is 2. The molecular weight excluding hydrogens is 256 g/mol. The highest BCUT2D eigenvalue weighted by molar-refractivity contribution is 5.84.